The van der Waals surface area contributed by atoms with Gasteiger partial charge >= 0.3 is 0 Å². The van der Waals surface area contributed by atoms with Crippen molar-refractivity contribution < 1.29 is 9.53 Å². The molecule has 0 saturated carbocycles. The highest BCUT2D eigenvalue weighted by Gasteiger charge is 2.24. The van der Waals surface area contributed by atoms with E-state index in [1.54, 1.807) is 0 Å². The number of hydrogen-bond acceptors (Lipinski definition) is 4. The van der Waals surface area contributed by atoms with Crippen LogP contribution in [0.25, 0.3) is 11.8 Å². The Bertz CT molecular complexity index is 1040. The molecule has 1 aliphatic heterocycles. The van der Waals surface area contributed by atoms with Gasteiger partial charge in [0.1, 0.15) is 5.75 Å². The van der Waals surface area contributed by atoms with E-state index in [1.165, 1.54) is 11.8 Å². The van der Waals surface area contributed by atoms with Crippen LogP contribution in [-0.2, 0) is 4.79 Å². The van der Waals surface area contributed by atoms with Crippen LogP contribution in [0.3, 0.4) is 0 Å². The van der Waals surface area contributed by atoms with Gasteiger partial charge in [-0.25, -0.2) is 4.99 Å². The van der Waals surface area contributed by atoms with Gasteiger partial charge in [0.2, 0.25) is 0 Å². The lowest BCUT2D eigenvalue weighted by Crippen LogP contribution is -2.19. The first-order valence-corrected chi connectivity index (χ1v) is 9.80. The fourth-order valence-corrected chi connectivity index (χ4v) is 3.68. The summed E-state index contributed by atoms with van der Waals surface area (Å²) in [5, 5.41) is 3.40. The number of rotatable bonds is 5. The molecule has 140 valence electrons. The van der Waals surface area contributed by atoms with Crippen LogP contribution >= 0.6 is 11.8 Å². The Balaban J connectivity index is 1.55. The zero-order valence-corrected chi connectivity index (χ0v) is 16.1. The van der Waals surface area contributed by atoms with Crippen molar-refractivity contribution in [2.45, 2.75) is 6.92 Å². The van der Waals surface area contributed by atoms with E-state index < -0.39 is 0 Å². The van der Waals surface area contributed by atoms with Crippen LogP contribution in [0.5, 0.6) is 5.75 Å². The summed E-state index contributed by atoms with van der Waals surface area (Å²) in [6.45, 7) is 2.57. The number of amidine groups is 1. The van der Waals surface area contributed by atoms with Gasteiger partial charge < -0.3 is 14.6 Å². The Hall–Kier alpha value is -3.25. The maximum Gasteiger partial charge on any atom is 0.264 e. The molecule has 0 atom stereocenters. The fourth-order valence-electron chi connectivity index (χ4n) is 2.85. The van der Waals surface area contributed by atoms with E-state index in [0.717, 1.165) is 22.8 Å². The van der Waals surface area contributed by atoms with Gasteiger partial charge in [-0.1, -0.05) is 18.2 Å². The zero-order valence-electron chi connectivity index (χ0n) is 15.3. The SMILES string of the molecule is CCOc1ccc(N=C2NC(=O)/C(=C/c3cccn3-c3ccccc3)S2)cc1. The van der Waals surface area contributed by atoms with Crippen molar-refractivity contribution in [1.82, 2.24) is 9.88 Å². The number of nitrogens with one attached hydrogen (secondary N) is 1. The minimum absolute atomic E-state index is 0.143. The highest BCUT2D eigenvalue weighted by atomic mass is 32.2. The van der Waals surface area contributed by atoms with Gasteiger partial charge in [0.25, 0.3) is 5.91 Å². The van der Waals surface area contributed by atoms with Crippen molar-refractivity contribution in [2.75, 3.05) is 6.61 Å². The minimum atomic E-state index is -0.143. The van der Waals surface area contributed by atoms with E-state index in [1.807, 2.05) is 90.5 Å². The predicted molar refractivity (Wildman–Crippen MR) is 114 cm³/mol. The Kier molecular flexibility index (Phi) is 5.30. The Labute approximate surface area is 167 Å². The van der Waals surface area contributed by atoms with Crippen LogP contribution in [0, 0.1) is 0 Å². The smallest absolute Gasteiger partial charge is 0.264 e. The summed E-state index contributed by atoms with van der Waals surface area (Å²) >= 11 is 1.34. The average molecular weight is 389 g/mol. The van der Waals surface area contributed by atoms with Crippen LogP contribution in [0.2, 0.25) is 0 Å². The third-order valence-corrected chi connectivity index (χ3v) is 5.03. The quantitative estimate of drug-likeness (QED) is 0.640. The molecular formula is C22H19N3O2S. The van der Waals surface area contributed by atoms with E-state index in [9.17, 15) is 4.79 Å². The molecule has 1 saturated heterocycles. The Morgan fingerprint density at radius 2 is 1.86 bits per heavy atom. The van der Waals surface area contributed by atoms with E-state index in [2.05, 4.69) is 10.3 Å². The molecule has 5 nitrogen and oxygen atoms in total. The number of nitrogens with zero attached hydrogens (tertiary/aromatic N) is 2. The summed E-state index contributed by atoms with van der Waals surface area (Å²) in [4.78, 5) is 17.5. The van der Waals surface area contributed by atoms with Gasteiger partial charge in [0.05, 0.1) is 17.2 Å². The summed E-state index contributed by atoms with van der Waals surface area (Å²) in [6, 6.07) is 21.4. The zero-order chi connectivity index (χ0) is 19.3. The summed E-state index contributed by atoms with van der Waals surface area (Å²) in [5.74, 6) is 0.660. The monoisotopic (exact) mass is 389 g/mol. The Morgan fingerprint density at radius 3 is 2.61 bits per heavy atom. The molecule has 1 N–H and O–H groups in total. The van der Waals surface area contributed by atoms with E-state index in [-0.39, 0.29) is 5.91 Å². The summed E-state index contributed by atoms with van der Waals surface area (Å²) in [7, 11) is 0. The number of carbonyl (C=O) groups excluding carboxylic acids is 1. The first-order chi connectivity index (χ1) is 13.7. The van der Waals surface area contributed by atoms with E-state index in [4.69, 9.17) is 4.74 Å². The van der Waals surface area contributed by atoms with Crippen LogP contribution in [-0.4, -0.2) is 22.2 Å². The maximum atomic E-state index is 12.4. The van der Waals surface area contributed by atoms with Crippen molar-refractivity contribution >= 4 is 34.6 Å². The van der Waals surface area contributed by atoms with Crippen molar-refractivity contribution in [2.24, 2.45) is 4.99 Å². The number of carbonyl (C=O) groups is 1. The van der Waals surface area contributed by atoms with Crippen molar-refractivity contribution in [3.05, 3.63) is 83.5 Å². The molecule has 1 amide bonds. The molecular weight excluding hydrogens is 370 g/mol. The first kappa shape index (κ1) is 18.1. The minimum Gasteiger partial charge on any atom is -0.494 e. The van der Waals surface area contributed by atoms with E-state index >= 15 is 0 Å². The van der Waals surface area contributed by atoms with Gasteiger partial charge in [0, 0.05) is 17.6 Å². The largest absolute Gasteiger partial charge is 0.494 e. The molecule has 1 aliphatic rings. The number of amides is 1. The molecule has 6 heteroatoms. The topological polar surface area (TPSA) is 55.6 Å². The average Bonchev–Trinajstić information content (AvgIpc) is 3.31. The molecule has 0 spiro atoms. The lowest BCUT2D eigenvalue weighted by atomic mass is 10.3. The fraction of sp³-hybridized carbons (Fsp3) is 0.0909. The summed E-state index contributed by atoms with van der Waals surface area (Å²) in [6.07, 6.45) is 3.86. The second-order valence-corrected chi connectivity index (χ2v) is 7.08. The first-order valence-electron chi connectivity index (χ1n) is 8.98. The molecule has 2 heterocycles. The number of thioether (sulfide) groups is 1. The van der Waals surface area contributed by atoms with Gasteiger partial charge in [-0.3, -0.25) is 4.79 Å². The molecule has 2 aromatic carbocycles. The number of para-hydroxylation sites is 1. The second-order valence-electron chi connectivity index (χ2n) is 6.05. The van der Waals surface area contributed by atoms with Crippen LogP contribution in [0.4, 0.5) is 5.69 Å². The van der Waals surface area contributed by atoms with Crippen LogP contribution in [0.1, 0.15) is 12.6 Å². The number of benzene rings is 2. The molecule has 4 rings (SSSR count). The second kappa shape index (κ2) is 8.19. The third-order valence-electron chi connectivity index (χ3n) is 4.12. The van der Waals surface area contributed by atoms with Gasteiger partial charge in [-0.2, -0.15) is 0 Å². The molecule has 28 heavy (non-hydrogen) atoms. The van der Waals surface area contributed by atoms with E-state index in [0.29, 0.717) is 16.7 Å². The molecule has 0 aliphatic carbocycles. The lowest BCUT2D eigenvalue weighted by molar-refractivity contribution is -0.115. The van der Waals surface area contributed by atoms with Gasteiger partial charge in [-0.15, -0.1) is 0 Å². The Morgan fingerprint density at radius 1 is 1.07 bits per heavy atom. The maximum absolute atomic E-state index is 12.4. The molecule has 0 unspecified atom stereocenters. The lowest BCUT2D eigenvalue weighted by Gasteiger charge is -2.06. The number of aliphatic imine (C=N–C) groups is 1. The highest BCUT2D eigenvalue weighted by Crippen LogP contribution is 2.29. The molecule has 0 bridgehead atoms. The molecule has 3 aromatic rings. The number of ether oxygens (including phenoxy) is 1. The number of hydrogen-bond donors (Lipinski definition) is 1. The van der Waals surface area contributed by atoms with Crippen molar-refractivity contribution in [3.8, 4) is 11.4 Å². The number of aromatic nitrogens is 1. The molecule has 1 fully saturated rings. The highest BCUT2D eigenvalue weighted by molar-refractivity contribution is 8.18. The predicted octanol–water partition coefficient (Wildman–Crippen LogP) is 4.77. The van der Waals surface area contributed by atoms with Crippen molar-refractivity contribution in [3.63, 3.8) is 0 Å². The summed E-state index contributed by atoms with van der Waals surface area (Å²) < 4.78 is 7.48. The summed E-state index contributed by atoms with van der Waals surface area (Å²) in [5.41, 5.74) is 2.75. The van der Waals surface area contributed by atoms with Crippen LogP contribution < -0.4 is 10.1 Å². The third kappa shape index (κ3) is 4.02. The van der Waals surface area contributed by atoms with Crippen molar-refractivity contribution in [1.29, 1.82) is 0 Å². The van der Waals surface area contributed by atoms with Gasteiger partial charge in [-0.05, 0) is 73.3 Å². The molecule has 1 aromatic heterocycles. The normalized spacial score (nSPS) is 16.5. The van der Waals surface area contributed by atoms with Crippen LogP contribution in [0.15, 0.2) is 82.8 Å². The van der Waals surface area contributed by atoms with Gasteiger partial charge in [0.15, 0.2) is 5.17 Å². The molecule has 0 radical (unpaired) electrons. The standard InChI is InChI=1S/C22H19N3O2S/c1-2-27-19-12-10-16(11-13-19)23-22-24-21(26)20(28-22)15-18-9-6-14-25(18)17-7-4-3-5-8-17/h3-15H,2H2,1H3,(H,23,24,26)/b20-15-.